The number of aryl methyl sites for hydroxylation is 5. The Bertz CT molecular complexity index is 2570. The second-order valence-electron chi connectivity index (χ2n) is 15.0. The Morgan fingerprint density at radius 3 is 1.82 bits per heavy atom. The summed E-state index contributed by atoms with van der Waals surface area (Å²) >= 11 is 0. The van der Waals surface area contributed by atoms with Gasteiger partial charge >= 0.3 is 0 Å². The number of benzene rings is 4. The van der Waals surface area contributed by atoms with Gasteiger partial charge < -0.3 is 14.4 Å². The zero-order valence-electron chi connectivity index (χ0n) is 33.1. The van der Waals surface area contributed by atoms with Crippen LogP contribution in [-0.2, 0) is 20.1 Å². The topological polar surface area (TPSA) is 51.8 Å². The van der Waals surface area contributed by atoms with Gasteiger partial charge in [0.1, 0.15) is 0 Å². The van der Waals surface area contributed by atoms with E-state index in [0.717, 1.165) is 44.6 Å². The van der Waals surface area contributed by atoms with Gasteiger partial charge in [-0.15, -0.1) is 53.6 Å². The summed E-state index contributed by atoms with van der Waals surface area (Å²) in [4.78, 5) is 14.2. The van der Waals surface area contributed by atoms with Gasteiger partial charge in [0, 0.05) is 43.4 Å². The third kappa shape index (κ3) is 8.25. The Labute approximate surface area is 339 Å². The van der Waals surface area contributed by atoms with Crippen molar-refractivity contribution in [1.29, 1.82) is 0 Å². The number of hydrogen-bond acceptors (Lipinski definition) is 4. The molecular weight excluding hydrogens is 851 g/mol. The van der Waals surface area contributed by atoms with Crippen LogP contribution in [-0.4, -0.2) is 15.0 Å². The van der Waals surface area contributed by atoms with Gasteiger partial charge in [0.15, 0.2) is 0 Å². The monoisotopic (exact) mass is 898 g/mol. The molecule has 0 saturated heterocycles. The van der Waals surface area contributed by atoms with Crippen LogP contribution < -0.4 is 0 Å². The molecule has 0 atom stereocenters. The Morgan fingerprint density at radius 1 is 0.582 bits per heavy atom. The van der Waals surface area contributed by atoms with Crippen molar-refractivity contribution in [2.24, 2.45) is 0 Å². The number of furan rings is 1. The first-order valence-corrected chi connectivity index (χ1v) is 18.8. The zero-order valence-corrected chi connectivity index (χ0v) is 35.5. The molecule has 1 radical (unpaired) electrons. The van der Waals surface area contributed by atoms with Crippen molar-refractivity contribution in [3.63, 3.8) is 0 Å². The van der Waals surface area contributed by atoms with Crippen LogP contribution in [0.4, 0.5) is 0 Å². The first-order chi connectivity index (χ1) is 26.0. The maximum atomic E-state index is 6.48. The summed E-state index contributed by atoms with van der Waals surface area (Å²) in [6.45, 7) is 19.5. The SMILES string of the molecule is Cc1c[c-]c(-c2cc(C)c(C)cn2)cc1.Cc1cnc(-c2[c-]ccc3c2oc2nc(-c4c(C(C)C)cc(-c5ccccc5)cc4C(C)C)ccc23)cc1C.[Ir]. The smallest absolute Gasteiger partial charge is 0.216 e. The first kappa shape index (κ1) is 39.5. The molecule has 0 fully saturated rings. The van der Waals surface area contributed by atoms with E-state index in [2.05, 4.69) is 169 Å². The molecule has 8 aromatic rings. The fraction of sp³-hybridized carbons (Fsp3) is 0.220. The van der Waals surface area contributed by atoms with Crippen molar-refractivity contribution in [1.82, 2.24) is 15.0 Å². The number of rotatable bonds is 6. The fourth-order valence-electron chi connectivity index (χ4n) is 6.84. The summed E-state index contributed by atoms with van der Waals surface area (Å²) in [5, 5.41) is 2.04. The number of fused-ring (bicyclic) bond motifs is 3. The molecule has 279 valence electrons. The van der Waals surface area contributed by atoms with E-state index in [1.807, 2.05) is 24.5 Å². The quantitative estimate of drug-likeness (QED) is 0.156. The van der Waals surface area contributed by atoms with E-state index >= 15 is 0 Å². The van der Waals surface area contributed by atoms with Crippen molar-refractivity contribution in [2.45, 2.75) is 74.1 Å². The van der Waals surface area contributed by atoms with E-state index < -0.39 is 0 Å². The molecule has 0 aliphatic heterocycles. The molecule has 0 saturated carbocycles. The van der Waals surface area contributed by atoms with Crippen molar-refractivity contribution < 1.29 is 24.5 Å². The summed E-state index contributed by atoms with van der Waals surface area (Å²) in [5.41, 5.74) is 18.5. The van der Waals surface area contributed by atoms with Gasteiger partial charge in [-0.25, -0.2) is 4.98 Å². The van der Waals surface area contributed by atoms with Crippen molar-refractivity contribution in [2.75, 3.05) is 0 Å². The van der Waals surface area contributed by atoms with Gasteiger partial charge in [0.05, 0.1) is 11.3 Å². The molecule has 0 unspecified atom stereocenters. The van der Waals surface area contributed by atoms with Gasteiger partial charge in [-0.05, 0) is 96.4 Å². The molecule has 4 nitrogen and oxygen atoms in total. The van der Waals surface area contributed by atoms with Crippen LogP contribution in [0.25, 0.3) is 67.0 Å². The Morgan fingerprint density at radius 2 is 1.22 bits per heavy atom. The number of nitrogens with zero attached hydrogens (tertiary/aromatic N) is 3. The van der Waals surface area contributed by atoms with E-state index in [4.69, 9.17) is 9.40 Å². The van der Waals surface area contributed by atoms with E-state index in [1.54, 1.807) is 0 Å². The summed E-state index contributed by atoms with van der Waals surface area (Å²) in [6.07, 6.45) is 3.83. The molecule has 0 amide bonds. The summed E-state index contributed by atoms with van der Waals surface area (Å²) < 4.78 is 6.48. The first-order valence-electron chi connectivity index (χ1n) is 18.8. The van der Waals surface area contributed by atoms with Crippen LogP contribution in [0.3, 0.4) is 0 Å². The second kappa shape index (κ2) is 16.7. The van der Waals surface area contributed by atoms with Gasteiger partial charge in [0.25, 0.3) is 0 Å². The van der Waals surface area contributed by atoms with Crippen LogP contribution in [0.15, 0.2) is 114 Å². The van der Waals surface area contributed by atoms with Crippen LogP contribution in [0.2, 0.25) is 0 Å². The third-order valence-corrected chi connectivity index (χ3v) is 10.4. The van der Waals surface area contributed by atoms with E-state index in [9.17, 15) is 0 Å². The molecule has 55 heavy (non-hydrogen) atoms. The minimum Gasteiger partial charge on any atom is -0.486 e. The zero-order chi connectivity index (χ0) is 38.1. The Kier molecular flexibility index (Phi) is 11.9. The average Bonchev–Trinajstić information content (AvgIpc) is 3.55. The molecule has 0 N–H and O–H groups in total. The molecule has 4 heterocycles. The Hall–Kier alpha value is -5.22. The number of hydrogen-bond donors (Lipinski definition) is 0. The maximum Gasteiger partial charge on any atom is 0.216 e. The molecule has 0 aliphatic rings. The van der Waals surface area contributed by atoms with E-state index in [0.29, 0.717) is 17.5 Å². The standard InChI is InChI=1S/C36H33N2O.C14H14N.Ir/c1-21(2)30-18-26(25-11-8-7-9-12-25)19-31(22(3)4)34(30)32-16-15-28-27-13-10-14-29(35(27)39-36(28)38-32)33-17-23(5)24(6)20-37-33;1-10-4-6-13(7-5-10)14-8-11(2)12(3)9-15-14;/h7-13,15-22H,1-6H3;4-6,8-9H,1-3H3;/q2*-1;. The van der Waals surface area contributed by atoms with Crippen LogP contribution in [0.5, 0.6) is 0 Å². The van der Waals surface area contributed by atoms with Crippen LogP contribution in [0.1, 0.15) is 78.5 Å². The van der Waals surface area contributed by atoms with Crippen molar-refractivity contribution in [3.8, 4) is 44.9 Å². The predicted octanol–water partition coefficient (Wildman–Crippen LogP) is 13.5. The summed E-state index contributed by atoms with van der Waals surface area (Å²) in [7, 11) is 0. The van der Waals surface area contributed by atoms with Crippen LogP contribution in [0, 0.1) is 46.8 Å². The molecule has 8 rings (SSSR count). The normalized spacial score (nSPS) is 11.2. The maximum absolute atomic E-state index is 6.48. The van der Waals surface area contributed by atoms with E-state index in [-0.39, 0.29) is 20.1 Å². The van der Waals surface area contributed by atoms with E-state index in [1.165, 1.54) is 55.6 Å². The summed E-state index contributed by atoms with van der Waals surface area (Å²) in [5.74, 6) is 0.678. The van der Waals surface area contributed by atoms with Crippen LogP contribution >= 0.6 is 0 Å². The number of pyridine rings is 3. The number of aromatic nitrogens is 3. The van der Waals surface area contributed by atoms with Gasteiger partial charge in [-0.1, -0.05) is 111 Å². The minimum absolute atomic E-state index is 0. The summed E-state index contributed by atoms with van der Waals surface area (Å²) in [6, 6.07) is 40.6. The van der Waals surface area contributed by atoms with Gasteiger partial charge in [0.2, 0.25) is 5.71 Å². The van der Waals surface area contributed by atoms with Gasteiger partial charge in [-0.2, -0.15) is 0 Å². The van der Waals surface area contributed by atoms with Crippen molar-refractivity contribution >= 4 is 22.1 Å². The molecule has 0 spiro atoms. The largest absolute Gasteiger partial charge is 0.486 e. The third-order valence-electron chi connectivity index (χ3n) is 10.4. The molecule has 4 aromatic carbocycles. The van der Waals surface area contributed by atoms with Crippen molar-refractivity contribution in [3.05, 3.63) is 161 Å². The van der Waals surface area contributed by atoms with Gasteiger partial charge in [-0.3, -0.25) is 0 Å². The predicted molar refractivity (Wildman–Crippen MR) is 225 cm³/mol. The molecular formula is C50H47IrN3O-2. The molecule has 0 bridgehead atoms. The second-order valence-corrected chi connectivity index (χ2v) is 15.0. The average molecular weight is 898 g/mol. The Balaban J connectivity index is 0.000000270. The molecule has 4 aromatic heterocycles. The molecule has 5 heteroatoms. The molecule has 0 aliphatic carbocycles. The fourth-order valence-corrected chi connectivity index (χ4v) is 6.84. The minimum atomic E-state index is 0.